The third-order valence-corrected chi connectivity index (χ3v) is 2.42. The largest absolute Gasteiger partial charge is 0.379 e. The summed E-state index contributed by atoms with van der Waals surface area (Å²) in [7, 11) is 3.72. The maximum absolute atomic E-state index is 5.32. The van der Waals surface area contributed by atoms with Crippen molar-refractivity contribution in [2.24, 2.45) is 5.84 Å². The van der Waals surface area contributed by atoms with Gasteiger partial charge in [0.05, 0.1) is 12.6 Å². The van der Waals surface area contributed by atoms with Gasteiger partial charge in [-0.05, 0) is 6.42 Å². The van der Waals surface area contributed by atoms with Crippen molar-refractivity contribution in [2.45, 2.75) is 12.5 Å². The van der Waals surface area contributed by atoms with Crippen LogP contribution < -0.4 is 21.5 Å². The monoisotopic (exact) mass is 239 g/mol. The Kier molecular flexibility index (Phi) is 3.55. The second-order valence-corrected chi connectivity index (χ2v) is 4.03. The molecular weight excluding hydrogens is 222 g/mol. The van der Waals surface area contributed by atoms with E-state index in [9.17, 15) is 0 Å². The lowest BCUT2D eigenvalue weighted by Gasteiger charge is -2.15. The highest BCUT2D eigenvalue weighted by molar-refractivity contribution is 5.42. The van der Waals surface area contributed by atoms with Gasteiger partial charge in [-0.1, -0.05) is 0 Å². The van der Waals surface area contributed by atoms with Crippen LogP contribution in [0.4, 0.5) is 17.8 Å². The highest BCUT2D eigenvalue weighted by Gasteiger charge is 2.17. The van der Waals surface area contributed by atoms with Crippen LogP contribution in [-0.4, -0.2) is 48.3 Å². The van der Waals surface area contributed by atoms with Crippen LogP contribution in [0.1, 0.15) is 6.42 Å². The fourth-order valence-electron chi connectivity index (χ4n) is 1.52. The number of nitrogens with zero attached hydrogens (tertiary/aromatic N) is 4. The van der Waals surface area contributed by atoms with Crippen LogP contribution in [0, 0.1) is 0 Å². The number of nitrogens with two attached hydrogens (primary N) is 1. The quantitative estimate of drug-likeness (QED) is 0.474. The van der Waals surface area contributed by atoms with E-state index in [0.29, 0.717) is 24.5 Å². The van der Waals surface area contributed by atoms with Gasteiger partial charge in [0, 0.05) is 20.7 Å². The lowest BCUT2D eigenvalue weighted by Crippen LogP contribution is -2.23. The zero-order valence-corrected chi connectivity index (χ0v) is 9.97. The molecule has 0 aromatic carbocycles. The smallest absolute Gasteiger partial charge is 0.243 e. The van der Waals surface area contributed by atoms with Gasteiger partial charge in [-0.15, -0.1) is 0 Å². The second kappa shape index (κ2) is 5.11. The Morgan fingerprint density at radius 1 is 1.29 bits per heavy atom. The van der Waals surface area contributed by atoms with Crippen molar-refractivity contribution >= 4 is 17.8 Å². The summed E-state index contributed by atoms with van der Waals surface area (Å²) >= 11 is 0. The first-order valence-electron chi connectivity index (χ1n) is 5.43. The summed E-state index contributed by atoms with van der Waals surface area (Å²) in [5, 5.41) is 3.20. The van der Waals surface area contributed by atoms with E-state index in [-0.39, 0.29) is 6.04 Å². The van der Waals surface area contributed by atoms with Gasteiger partial charge in [-0.25, -0.2) is 5.84 Å². The van der Waals surface area contributed by atoms with E-state index >= 15 is 0 Å². The van der Waals surface area contributed by atoms with Crippen molar-refractivity contribution in [1.29, 1.82) is 0 Å². The molecule has 0 amide bonds. The molecule has 4 N–H and O–H groups in total. The molecule has 0 saturated carbocycles. The molecule has 0 bridgehead atoms. The number of rotatable bonds is 4. The minimum absolute atomic E-state index is 0.248. The van der Waals surface area contributed by atoms with Crippen LogP contribution in [0.15, 0.2) is 0 Å². The number of anilines is 3. The van der Waals surface area contributed by atoms with Gasteiger partial charge >= 0.3 is 0 Å². The fourth-order valence-corrected chi connectivity index (χ4v) is 1.52. The van der Waals surface area contributed by atoms with Crippen molar-refractivity contribution < 1.29 is 4.74 Å². The number of ether oxygens (including phenoxy) is 1. The van der Waals surface area contributed by atoms with Crippen molar-refractivity contribution in [3.63, 3.8) is 0 Å². The summed E-state index contributed by atoms with van der Waals surface area (Å²) in [6.07, 6.45) is 0.953. The Morgan fingerprint density at radius 3 is 2.65 bits per heavy atom. The molecule has 17 heavy (non-hydrogen) atoms. The molecule has 1 aliphatic heterocycles. The van der Waals surface area contributed by atoms with Crippen LogP contribution in [0.25, 0.3) is 0 Å². The van der Waals surface area contributed by atoms with E-state index in [2.05, 4.69) is 25.7 Å². The summed E-state index contributed by atoms with van der Waals surface area (Å²) < 4.78 is 5.28. The van der Waals surface area contributed by atoms with E-state index in [1.54, 1.807) is 4.90 Å². The molecule has 0 radical (unpaired) electrons. The van der Waals surface area contributed by atoms with Crippen LogP contribution >= 0.6 is 0 Å². The highest BCUT2D eigenvalue weighted by atomic mass is 16.5. The minimum atomic E-state index is 0.248. The van der Waals surface area contributed by atoms with Crippen molar-refractivity contribution in [2.75, 3.05) is 43.0 Å². The number of hydrogen-bond acceptors (Lipinski definition) is 8. The number of hydrazine groups is 1. The molecule has 2 rings (SSSR count). The molecule has 94 valence electrons. The molecule has 1 unspecified atom stereocenters. The van der Waals surface area contributed by atoms with Crippen molar-refractivity contribution in [3.8, 4) is 0 Å². The first-order valence-corrected chi connectivity index (χ1v) is 5.43. The number of nitrogen functional groups attached to an aromatic ring is 1. The fraction of sp³-hybridized carbons (Fsp3) is 0.667. The van der Waals surface area contributed by atoms with Crippen LogP contribution in [-0.2, 0) is 4.74 Å². The number of hydrogen-bond donors (Lipinski definition) is 3. The Labute approximate surface area is 99.6 Å². The summed E-state index contributed by atoms with van der Waals surface area (Å²) in [5.41, 5.74) is 2.43. The van der Waals surface area contributed by atoms with Gasteiger partial charge < -0.3 is 15.0 Å². The second-order valence-electron chi connectivity index (χ2n) is 4.03. The molecule has 1 atom stereocenters. The molecule has 1 aromatic heterocycles. The van der Waals surface area contributed by atoms with Crippen LogP contribution in [0.3, 0.4) is 0 Å². The molecule has 0 aliphatic carbocycles. The molecule has 8 heteroatoms. The zero-order chi connectivity index (χ0) is 12.3. The Bertz CT molecular complexity index is 378. The first kappa shape index (κ1) is 11.8. The summed E-state index contributed by atoms with van der Waals surface area (Å²) in [4.78, 5) is 14.3. The maximum Gasteiger partial charge on any atom is 0.243 e. The van der Waals surface area contributed by atoms with Gasteiger partial charge in [0.25, 0.3) is 0 Å². The SMILES string of the molecule is CN(C)c1nc(NN)nc(NC2CCOC2)n1. The molecule has 0 spiro atoms. The van der Waals surface area contributed by atoms with E-state index in [0.717, 1.165) is 13.0 Å². The summed E-state index contributed by atoms with van der Waals surface area (Å²) in [6.45, 7) is 1.44. The number of nitrogens with one attached hydrogen (secondary N) is 2. The van der Waals surface area contributed by atoms with Gasteiger partial charge in [0.15, 0.2) is 0 Å². The zero-order valence-electron chi connectivity index (χ0n) is 9.97. The average Bonchev–Trinajstić information content (AvgIpc) is 2.81. The van der Waals surface area contributed by atoms with E-state index in [1.807, 2.05) is 14.1 Å². The maximum atomic E-state index is 5.32. The molecule has 1 aromatic rings. The molecular formula is C9H17N7O. The first-order chi connectivity index (χ1) is 8.19. The summed E-state index contributed by atoms with van der Waals surface area (Å²) in [5.74, 6) is 6.72. The van der Waals surface area contributed by atoms with Gasteiger partial charge in [0.1, 0.15) is 0 Å². The Balaban J connectivity index is 2.16. The minimum Gasteiger partial charge on any atom is -0.379 e. The molecule has 2 heterocycles. The predicted molar refractivity (Wildman–Crippen MR) is 64.8 cm³/mol. The topological polar surface area (TPSA) is 101 Å². The summed E-state index contributed by atoms with van der Waals surface area (Å²) in [6, 6.07) is 0.248. The molecule has 1 fully saturated rings. The molecule has 1 saturated heterocycles. The third kappa shape index (κ3) is 2.92. The molecule has 8 nitrogen and oxygen atoms in total. The number of aromatic nitrogens is 3. The lowest BCUT2D eigenvalue weighted by molar-refractivity contribution is 0.195. The third-order valence-electron chi connectivity index (χ3n) is 2.42. The van der Waals surface area contributed by atoms with Crippen molar-refractivity contribution in [1.82, 2.24) is 15.0 Å². The normalized spacial score (nSPS) is 19.1. The Morgan fingerprint density at radius 2 is 2.06 bits per heavy atom. The highest BCUT2D eigenvalue weighted by Crippen LogP contribution is 2.14. The lowest BCUT2D eigenvalue weighted by atomic mass is 10.3. The van der Waals surface area contributed by atoms with E-state index < -0.39 is 0 Å². The van der Waals surface area contributed by atoms with Crippen LogP contribution in [0.5, 0.6) is 0 Å². The van der Waals surface area contributed by atoms with Crippen LogP contribution in [0.2, 0.25) is 0 Å². The van der Waals surface area contributed by atoms with E-state index in [4.69, 9.17) is 10.6 Å². The average molecular weight is 239 g/mol. The molecule has 1 aliphatic rings. The Hall–Kier alpha value is -1.67. The van der Waals surface area contributed by atoms with Gasteiger partial charge in [-0.3, -0.25) is 5.43 Å². The standard InChI is InChI=1S/C9H17N7O/c1-16(2)9-13-7(12-8(14-9)15-10)11-6-3-4-17-5-6/h6H,3-5,10H2,1-2H3,(H2,11,12,13,14,15). The van der Waals surface area contributed by atoms with Gasteiger partial charge in [0.2, 0.25) is 17.8 Å². The predicted octanol–water partition coefficient (Wildman–Crippen LogP) is -0.576. The van der Waals surface area contributed by atoms with Crippen molar-refractivity contribution in [3.05, 3.63) is 0 Å². The van der Waals surface area contributed by atoms with Gasteiger partial charge in [-0.2, -0.15) is 15.0 Å². The van der Waals surface area contributed by atoms with E-state index in [1.165, 1.54) is 0 Å².